The van der Waals surface area contributed by atoms with Crippen LogP contribution in [0.2, 0.25) is 5.02 Å². The van der Waals surface area contributed by atoms with Gasteiger partial charge in [0.1, 0.15) is 5.75 Å². The van der Waals surface area contributed by atoms with Crippen LogP contribution in [0.1, 0.15) is 12.0 Å². The zero-order chi connectivity index (χ0) is 16.9. The molecule has 0 radical (unpaired) electrons. The number of rotatable bonds is 4. The van der Waals surface area contributed by atoms with Crippen molar-refractivity contribution in [1.29, 1.82) is 0 Å². The standard InChI is InChI=1S/C18H18ClNO4/c1-22-15-6-3-2-5-12(15)9-18(21)20-14-11-17-16(10-13(14)19)23-7-4-8-24-17/h2-3,5-6,10-11H,4,7-9H2,1H3,(H,20,21). The highest BCUT2D eigenvalue weighted by Crippen LogP contribution is 2.37. The van der Waals surface area contributed by atoms with E-state index in [-0.39, 0.29) is 12.3 Å². The lowest BCUT2D eigenvalue weighted by Crippen LogP contribution is -2.15. The van der Waals surface area contributed by atoms with E-state index in [9.17, 15) is 4.79 Å². The first-order valence-corrected chi connectivity index (χ1v) is 8.06. The van der Waals surface area contributed by atoms with E-state index < -0.39 is 0 Å². The first kappa shape index (κ1) is 16.5. The van der Waals surface area contributed by atoms with Gasteiger partial charge in [0.05, 0.1) is 37.5 Å². The number of hydrogen-bond acceptors (Lipinski definition) is 4. The maximum Gasteiger partial charge on any atom is 0.228 e. The molecule has 126 valence electrons. The van der Waals surface area contributed by atoms with Gasteiger partial charge in [-0.2, -0.15) is 0 Å². The van der Waals surface area contributed by atoms with E-state index in [0.29, 0.717) is 41.2 Å². The number of carbonyl (C=O) groups is 1. The van der Waals surface area contributed by atoms with Crippen molar-refractivity contribution in [3.8, 4) is 17.2 Å². The number of benzene rings is 2. The Morgan fingerprint density at radius 2 is 1.92 bits per heavy atom. The SMILES string of the molecule is COc1ccccc1CC(=O)Nc1cc2c(cc1Cl)OCCCO2. The number of carbonyl (C=O) groups excluding carboxylic acids is 1. The molecule has 1 N–H and O–H groups in total. The van der Waals surface area contributed by atoms with E-state index in [0.717, 1.165) is 12.0 Å². The second-order valence-electron chi connectivity index (χ2n) is 5.37. The minimum absolute atomic E-state index is 0.184. The van der Waals surface area contributed by atoms with Crippen LogP contribution in [0.5, 0.6) is 17.2 Å². The van der Waals surface area contributed by atoms with Crippen LogP contribution in [0.3, 0.4) is 0 Å². The van der Waals surface area contributed by atoms with E-state index >= 15 is 0 Å². The van der Waals surface area contributed by atoms with E-state index in [2.05, 4.69) is 5.32 Å². The smallest absolute Gasteiger partial charge is 0.228 e. The van der Waals surface area contributed by atoms with Gasteiger partial charge in [-0.1, -0.05) is 29.8 Å². The fourth-order valence-corrected chi connectivity index (χ4v) is 2.70. The molecule has 0 atom stereocenters. The lowest BCUT2D eigenvalue weighted by molar-refractivity contribution is -0.115. The summed E-state index contributed by atoms with van der Waals surface area (Å²) in [4.78, 5) is 12.3. The lowest BCUT2D eigenvalue weighted by Gasteiger charge is -2.13. The van der Waals surface area contributed by atoms with Crippen molar-refractivity contribution in [3.05, 3.63) is 47.0 Å². The van der Waals surface area contributed by atoms with E-state index in [4.69, 9.17) is 25.8 Å². The number of anilines is 1. The minimum Gasteiger partial charge on any atom is -0.496 e. The molecule has 1 heterocycles. The number of para-hydroxylation sites is 1. The van der Waals surface area contributed by atoms with Crippen molar-refractivity contribution < 1.29 is 19.0 Å². The molecular weight excluding hydrogens is 330 g/mol. The molecule has 6 heteroatoms. The number of ether oxygens (including phenoxy) is 3. The Balaban J connectivity index is 1.76. The summed E-state index contributed by atoms with van der Waals surface area (Å²) in [7, 11) is 1.58. The van der Waals surface area contributed by atoms with Gasteiger partial charge in [-0.15, -0.1) is 0 Å². The quantitative estimate of drug-likeness (QED) is 0.916. The maximum atomic E-state index is 12.3. The zero-order valence-electron chi connectivity index (χ0n) is 13.3. The molecule has 5 nitrogen and oxygen atoms in total. The zero-order valence-corrected chi connectivity index (χ0v) is 14.1. The van der Waals surface area contributed by atoms with Crippen molar-refractivity contribution in [2.24, 2.45) is 0 Å². The van der Waals surface area contributed by atoms with Crippen LogP contribution in [-0.2, 0) is 11.2 Å². The summed E-state index contributed by atoms with van der Waals surface area (Å²) in [6, 6.07) is 10.8. The molecule has 0 bridgehead atoms. The molecule has 0 saturated heterocycles. The number of hydrogen-bond donors (Lipinski definition) is 1. The molecular formula is C18H18ClNO4. The number of halogens is 1. The Hall–Kier alpha value is -2.40. The Morgan fingerprint density at radius 1 is 1.21 bits per heavy atom. The van der Waals surface area contributed by atoms with E-state index in [1.165, 1.54) is 0 Å². The predicted molar refractivity (Wildman–Crippen MR) is 92.4 cm³/mol. The van der Waals surface area contributed by atoms with Gasteiger partial charge in [-0.3, -0.25) is 4.79 Å². The van der Waals surface area contributed by atoms with E-state index in [1.807, 2.05) is 24.3 Å². The van der Waals surface area contributed by atoms with Crippen LogP contribution in [0, 0.1) is 0 Å². The van der Waals surface area contributed by atoms with Crippen molar-refractivity contribution in [3.63, 3.8) is 0 Å². The Kier molecular flexibility index (Phi) is 5.11. The molecule has 2 aromatic carbocycles. The number of amides is 1. The van der Waals surface area contributed by atoms with Gasteiger partial charge in [-0.25, -0.2) is 0 Å². The summed E-state index contributed by atoms with van der Waals surface area (Å²) >= 11 is 6.25. The average Bonchev–Trinajstić information content (AvgIpc) is 2.80. The van der Waals surface area contributed by atoms with Crippen LogP contribution >= 0.6 is 11.6 Å². The maximum absolute atomic E-state index is 12.3. The Bertz CT molecular complexity index is 748. The first-order valence-electron chi connectivity index (χ1n) is 7.68. The summed E-state index contributed by atoms with van der Waals surface area (Å²) in [5, 5.41) is 3.23. The van der Waals surface area contributed by atoms with Crippen molar-refractivity contribution in [1.82, 2.24) is 0 Å². The van der Waals surface area contributed by atoms with Gasteiger partial charge >= 0.3 is 0 Å². The van der Waals surface area contributed by atoms with Crippen molar-refractivity contribution >= 4 is 23.2 Å². The normalized spacial score (nSPS) is 13.1. The molecule has 1 amide bonds. The van der Waals surface area contributed by atoms with Gasteiger partial charge in [0.15, 0.2) is 11.5 Å². The molecule has 0 fully saturated rings. The first-order chi connectivity index (χ1) is 11.7. The fourth-order valence-electron chi connectivity index (χ4n) is 2.50. The molecule has 0 saturated carbocycles. The molecule has 0 unspecified atom stereocenters. The lowest BCUT2D eigenvalue weighted by atomic mass is 10.1. The highest BCUT2D eigenvalue weighted by molar-refractivity contribution is 6.34. The molecule has 1 aliphatic heterocycles. The van der Waals surface area contributed by atoms with Crippen molar-refractivity contribution in [2.45, 2.75) is 12.8 Å². The highest BCUT2D eigenvalue weighted by Gasteiger charge is 2.16. The van der Waals surface area contributed by atoms with Gasteiger partial charge in [0.2, 0.25) is 5.91 Å². The van der Waals surface area contributed by atoms with Crippen molar-refractivity contribution in [2.75, 3.05) is 25.6 Å². The third-order valence-electron chi connectivity index (χ3n) is 3.65. The number of methoxy groups -OCH3 is 1. The van der Waals surface area contributed by atoms with Gasteiger partial charge < -0.3 is 19.5 Å². The molecule has 0 aromatic heterocycles. The molecule has 1 aliphatic rings. The summed E-state index contributed by atoms with van der Waals surface area (Å²) in [6.45, 7) is 1.16. The van der Waals surface area contributed by atoms with Gasteiger partial charge in [-0.05, 0) is 6.07 Å². The van der Waals surface area contributed by atoms with Crippen LogP contribution in [-0.4, -0.2) is 26.2 Å². The number of nitrogens with one attached hydrogen (secondary N) is 1. The molecule has 2 aromatic rings. The Labute approximate surface area is 145 Å². The summed E-state index contributed by atoms with van der Waals surface area (Å²) in [6.07, 6.45) is 0.997. The predicted octanol–water partition coefficient (Wildman–Crippen LogP) is 3.69. The average molecular weight is 348 g/mol. The summed E-state index contributed by atoms with van der Waals surface area (Å²) < 4.78 is 16.5. The van der Waals surface area contributed by atoms with Gasteiger partial charge in [0.25, 0.3) is 0 Å². The van der Waals surface area contributed by atoms with E-state index in [1.54, 1.807) is 19.2 Å². The second kappa shape index (κ2) is 7.45. The van der Waals surface area contributed by atoms with Crippen LogP contribution in [0.4, 0.5) is 5.69 Å². The molecule has 0 aliphatic carbocycles. The third kappa shape index (κ3) is 3.74. The fraction of sp³-hybridized carbons (Fsp3) is 0.278. The minimum atomic E-state index is -0.184. The molecule has 3 rings (SSSR count). The molecule has 0 spiro atoms. The van der Waals surface area contributed by atoms with Gasteiger partial charge in [0, 0.05) is 24.1 Å². The molecule has 24 heavy (non-hydrogen) atoms. The topological polar surface area (TPSA) is 56.8 Å². The van der Waals surface area contributed by atoms with Crippen LogP contribution < -0.4 is 19.5 Å². The summed E-state index contributed by atoms with van der Waals surface area (Å²) in [5.41, 5.74) is 1.31. The van der Waals surface area contributed by atoms with Crippen LogP contribution in [0.15, 0.2) is 36.4 Å². The third-order valence-corrected chi connectivity index (χ3v) is 3.97. The van der Waals surface area contributed by atoms with Crippen LogP contribution in [0.25, 0.3) is 0 Å². The second-order valence-corrected chi connectivity index (χ2v) is 5.77. The number of fused-ring (bicyclic) bond motifs is 1. The Morgan fingerprint density at radius 3 is 2.67 bits per heavy atom. The monoisotopic (exact) mass is 347 g/mol. The largest absolute Gasteiger partial charge is 0.496 e. The summed E-state index contributed by atoms with van der Waals surface area (Å²) in [5.74, 6) is 1.68. The highest BCUT2D eigenvalue weighted by atomic mass is 35.5.